The Morgan fingerprint density at radius 2 is 1.64 bits per heavy atom. The van der Waals surface area contributed by atoms with Crippen LogP contribution in [0.3, 0.4) is 0 Å². The first-order valence-electron chi connectivity index (χ1n) is 9.08. The van der Waals surface area contributed by atoms with Gasteiger partial charge in [-0.1, -0.05) is 41.9 Å². The van der Waals surface area contributed by atoms with Gasteiger partial charge in [0.25, 0.3) is 0 Å². The van der Waals surface area contributed by atoms with Gasteiger partial charge in [-0.25, -0.2) is 8.42 Å². The Morgan fingerprint density at radius 1 is 1.04 bits per heavy atom. The minimum atomic E-state index is -3.50. The van der Waals surface area contributed by atoms with Crippen LogP contribution in [0.5, 0.6) is 0 Å². The van der Waals surface area contributed by atoms with Crippen molar-refractivity contribution < 1.29 is 13.2 Å². The van der Waals surface area contributed by atoms with E-state index < -0.39 is 10.0 Å². The quantitative estimate of drug-likeness (QED) is 0.690. The molecule has 1 fully saturated rings. The summed E-state index contributed by atoms with van der Waals surface area (Å²) in [6.07, 6.45) is 0. The topological polar surface area (TPSA) is 57.7 Å². The number of hydrogen-bond donors (Lipinski definition) is 0. The van der Waals surface area contributed by atoms with Crippen molar-refractivity contribution in [3.05, 3.63) is 65.2 Å². The summed E-state index contributed by atoms with van der Waals surface area (Å²) in [4.78, 5) is 14.6. The van der Waals surface area contributed by atoms with Gasteiger partial charge in [-0.05, 0) is 36.8 Å². The Balaban J connectivity index is 1.50. The summed E-state index contributed by atoms with van der Waals surface area (Å²) in [5, 5.41) is 0.876. The molecule has 8 heteroatoms. The van der Waals surface area contributed by atoms with E-state index in [1.54, 1.807) is 47.0 Å². The van der Waals surface area contributed by atoms with Crippen molar-refractivity contribution in [2.45, 2.75) is 17.1 Å². The van der Waals surface area contributed by atoms with Crippen LogP contribution in [0.1, 0.15) is 17.7 Å². The second-order valence-electron chi connectivity index (χ2n) is 6.60. The van der Waals surface area contributed by atoms with Crippen molar-refractivity contribution in [1.29, 1.82) is 0 Å². The van der Waals surface area contributed by atoms with E-state index in [0.29, 0.717) is 41.8 Å². The van der Waals surface area contributed by atoms with Crippen LogP contribution < -0.4 is 0 Å². The zero-order valence-corrected chi connectivity index (χ0v) is 18.0. The third-order valence-electron chi connectivity index (χ3n) is 4.77. The number of benzene rings is 2. The fourth-order valence-electron chi connectivity index (χ4n) is 3.04. The van der Waals surface area contributed by atoms with Crippen molar-refractivity contribution in [1.82, 2.24) is 9.21 Å². The molecule has 1 amide bonds. The number of halogens is 1. The highest BCUT2D eigenvalue weighted by molar-refractivity contribution is 8.00. The second-order valence-corrected chi connectivity index (χ2v) is 10.3. The van der Waals surface area contributed by atoms with Crippen LogP contribution in [0.2, 0.25) is 5.02 Å². The minimum Gasteiger partial charge on any atom is -0.339 e. The highest BCUT2D eigenvalue weighted by Gasteiger charge is 2.30. The highest BCUT2D eigenvalue weighted by atomic mass is 35.5. The lowest BCUT2D eigenvalue weighted by atomic mass is 10.2. The second kappa shape index (κ2) is 9.31. The minimum absolute atomic E-state index is 0.0440. The number of sulfonamides is 1. The fraction of sp³-hybridized carbons (Fsp3) is 0.350. The zero-order valence-electron chi connectivity index (χ0n) is 15.6. The van der Waals surface area contributed by atoms with Crippen LogP contribution >= 0.6 is 23.4 Å². The number of nitrogens with zero attached hydrogens (tertiary/aromatic N) is 2. The van der Waals surface area contributed by atoms with E-state index in [2.05, 4.69) is 6.92 Å². The molecule has 2 aromatic rings. The van der Waals surface area contributed by atoms with Gasteiger partial charge in [-0.2, -0.15) is 4.31 Å². The molecule has 3 rings (SSSR count). The molecule has 150 valence electrons. The Morgan fingerprint density at radius 3 is 2.25 bits per heavy atom. The fourth-order valence-corrected chi connectivity index (χ4v) is 5.53. The molecule has 1 heterocycles. The number of amides is 1. The molecule has 1 saturated heterocycles. The van der Waals surface area contributed by atoms with Crippen LogP contribution in [0.15, 0.2) is 59.5 Å². The predicted octanol–water partition coefficient (Wildman–Crippen LogP) is 3.67. The number of thioether (sulfide) groups is 1. The summed E-state index contributed by atoms with van der Waals surface area (Å²) in [5.74, 6) is 0.414. The SMILES string of the molecule is CC(SCC(=O)N1CCN(S(=O)(=O)c2ccccc2)CC1)c1ccc(Cl)cc1. The predicted molar refractivity (Wildman–Crippen MR) is 114 cm³/mol. The molecule has 1 unspecified atom stereocenters. The van der Waals surface area contributed by atoms with Crippen LogP contribution in [0.4, 0.5) is 0 Å². The molecule has 0 radical (unpaired) electrons. The first kappa shape index (κ1) is 21.2. The number of hydrogen-bond acceptors (Lipinski definition) is 4. The molecule has 0 spiro atoms. The Hall–Kier alpha value is -1.54. The van der Waals surface area contributed by atoms with E-state index in [9.17, 15) is 13.2 Å². The third-order valence-corrected chi connectivity index (χ3v) is 8.12. The summed E-state index contributed by atoms with van der Waals surface area (Å²) in [6.45, 7) is 3.54. The van der Waals surface area contributed by atoms with Crippen molar-refractivity contribution in [2.75, 3.05) is 31.9 Å². The molecule has 0 saturated carbocycles. The molecular formula is C20H23ClN2O3S2. The monoisotopic (exact) mass is 438 g/mol. The Labute approximate surface area is 175 Å². The maximum Gasteiger partial charge on any atom is 0.243 e. The largest absolute Gasteiger partial charge is 0.339 e. The smallest absolute Gasteiger partial charge is 0.243 e. The summed E-state index contributed by atoms with van der Waals surface area (Å²) in [5.41, 5.74) is 1.13. The lowest BCUT2D eigenvalue weighted by Gasteiger charge is -2.34. The van der Waals surface area contributed by atoms with Gasteiger partial charge in [0.2, 0.25) is 15.9 Å². The van der Waals surface area contributed by atoms with Crippen molar-refractivity contribution in [3.63, 3.8) is 0 Å². The average molecular weight is 439 g/mol. The van der Waals surface area contributed by atoms with Gasteiger partial charge in [-0.3, -0.25) is 4.79 Å². The van der Waals surface area contributed by atoms with E-state index in [0.717, 1.165) is 5.56 Å². The first-order valence-corrected chi connectivity index (χ1v) is 11.9. The normalized spacial score (nSPS) is 16.7. The molecule has 0 aliphatic carbocycles. The van der Waals surface area contributed by atoms with Gasteiger partial charge in [0.05, 0.1) is 10.6 Å². The lowest BCUT2D eigenvalue weighted by molar-refractivity contribution is -0.129. The maximum absolute atomic E-state index is 12.7. The lowest BCUT2D eigenvalue weighted by Crippen LogP contribution is -2.51. The molecule has 28 heavy (non-hydrogen) atoms. The summed E-state index contributed by atoms with van der Waals surface area (Å²) in [7, 11) is -3.50. The summed E-state index contributed by atoms with van der Waals surface area (Å²) < 4.78 is 26.8. The number of carbonyl (C=O) groups excluding carboxylic acids is 1. The molecule has 5 nitrogen and oxygen atoms in total. The molecule has 0 bridgehead atoms. The van der Waals surface area contributed by atoms with E-state index >= 15 is 0 Å². The van der Waals surface area contributed by atoms with Crippen molar-refractivity contribution >= 4 is 39.3 Å². The van der Waals surface area contributed by atoms with Crippen LogP contribution in [-0.4, -0.2) is 55.5 Å². The molecule has 1 atom stereocenters. The highest BCUT2D eigenvalue weighted by Crippen LogP contribution is 2.29. The van der Waals surface area contributed by atoms with Gasteiger partial charge >= 0.3 is 0 Å². The zero-order chi connectivity index (χ0) is 20.1. The molecule has 0 N–H and O–H groups in total. The van der Waals surface area contributed by atoms with E-state index in [-0.39, 0.29) is 11.2 Å². The van der Waals surface area contributed by atoms with Crippen LogP contribution in [-0.2, 0) is 14.8 Å². The van der Waals surface area contributed by atoms with Gasteiger partial charge < -0.3 is 4.90 Å². The average Bonchev–Trinajstić information content (AvgIpc) is 2.73. The van der Waals surface area contributed by atoms with Crippen molar-refractivity contribution in [2.24, 2.45) is 0 Å². The number of piperazine rings is 1. The standard InChI is InChI=1S/C20H23ClN2O3S2/c1-16(17-7-9-18(21)10-8-17)27-15-20(24)22-11-13-23(14-12-22)28(25,26)19-5-3-2-4-6-19/h2-10,16H,11-15H2,1H3. The molecule has 2 aromatic carbocycles. The van der Waals surface area contributed by atoms with Crippen LogP contribution in [0, 0.1) is 0 Å². The maximum atomic E-state index is 12.7. The molecule has 0 aromatic heterocycles. The Kier molecular flexibility index (Phi) is 7.04. The van der Waals surface area contributed by atoms with E-state index in [1.165, 1.54) is 4.31 Å². The van der Waals surface area contributed by atoms with E-state index in [1.807, 2.05) is 24.3 Å². The van der Waals surface area contributed by atoms with Gasteiger partial charge in [0.1, 0.15) is 0 Å². The van der Waals surface area contributed by atoms with Gasteiger partial charge in [0.15, 0.2) is 0 Å². The number of rotatable bonds is 6. The Bertz CT molecular complexity index is 897. The van der Waals surface area contributed by atoms with E-state index in [4.69, 9.17) is 11.6 Å². The van der Waals surface area contributed by atoms with Crippen molar-refractivity contribution in [3.8, 4) is 0 Å². The first-order chi connectivity index (χ1) is 13.4. The molecule has 1 aliphatic heterocycles. The number of carbonyl (C=O) groups is 1. The van der Waals surface area contributed by atoms with Gasteiger partial charge in [0, 0.05) is 36.5 Å². The van der Waals surface area contributed by atoms with Gasteiger partial charge in [-0.15, -0.1) is 11.8 Å². The molecular weight excluding hydrogens is 416 g/mol. The molecule has 1 aliphatic rings. The third kappa shape index (κ3) is 5.08. The summed E-state index contributed by atoms with van der Waals surface area (Å²) >= 11 is 7.49. The summed E-state index contributed by atoms with van der Waals surface area (Å²) in [6, 6.07) is 16.1. The van der Waals surface area contributed by atoms with Crippen LogP contribution in [0.25, 0.3) is 0 Å².